The summed E-state index contributed by atoms with van der Waals surface area (Å²) in [5, 5.41) is 0. The number of aromatic nitrogens is 1. The Morgan fingerprint density at radius 1 is 1.16 bits per heavy atom. The van der Waals surface area contributed by atoms with Crippen LogP contribution >= 0.6 is 0 Å². The quantitative estimate of drug-likeness (QED) is 0.843. The molecule has 0 spiro atoms. The number of hydrogen-bond donors (Lipinski definition) is 0. The lowest BCUT2D eigenvalue weighted by Crippen LogP contribution is -2.51. The van der Waals surface area contributed by atoms with E-state index < -0.39 is 0 Å². The second kappa shape index (κ2) is 6.75. The van der Waals surface area contributed by atoms with E-state index in [0.717, 1.165) is 49.6 Å². The molecule has 3 heterocycles. The highest BCUT2D eigenvalue weighted by Crippen LogP contribution is 2.28. The highest BCUT2D eigenvalue weighted by Gasteiger charge is 2.31. The maximum Gasteiger partial charge on any atom is 0.229 e. The van der Waals surface area contributed by atoms with Gasteiger partial charge in [-0.3, -0.25) is 9.78 Å². The molecule has 5 nitrogen and oxygen atoms in total. The predicted octanol–water partition coefficient (Wildman–Crippen LogP) is 2.29. The molecule has 1 aromatic carbocycles. The van der Waals surface area contributed by atoms with Crippen LogP contribution in [0.1, 0.15) is 11.3 Å². The summed E-state index contributed by atoms with van der Waals surface area (Å²) >= 11 is 0. The summed E-state index contributed by atoms with van der Waals surface area (Å²) in [5.74, 6) is 1.08. The molecule has 25 heavy (non-hydrogen) atoms. The molecular weight excluding hydrogens is 314 g/mol. The molecule has 5 heteroatoms. The lowest BCUT2D eigenvalue weighted by atomic mass is 9.95. The average Bonchev–Trinajstić information content (AvgIpc) is 2.67. The third-order valence-electron chi connectivity index (χ3n) is 5.06. The highest BCUT2D eigenvalue weighted by atomic mass is 16.5. The van der Waals surface area contributed by atoms with Crippen molar-refractivity contribution in [3.63, 3.8) is 0 Å². The molecule has 1 atom stereocenters. The number of fused-ring (bicyclic) bond motifs is 1. The zero-order valence-corrected chi connectivity index (χ0v) is 14.5. The third kappa shape index (κ3) is 3.31. The first kappa shape index (κ1) is 15.9. The van der Waals surface area contributed by atoms with Gasteiger partial charge < -0.3 is 14.5 Å². The fourth-order valence-corrected chi connectivity index (χ4v) is 3.66. The summed E-state index contributed by atoms with van der Waals surface area (Å²) in [4.78, 5) is 21.4. The van der Waals surface area contributed by atoms with E-state index in [2.05, 4.69) is 22.0 Å². The molecule has 2 aliphatic heterocycles. The van der Waals surface area contributed by atoms with Crippen molar-refractivity contribution in [2.24, 2.45) is 5.92 Å². The van der Waals surface area contributed by atoms with Crippen LogP contribution in [0.5, 0.6) is 5.75 Å². The number of hydrogen-bond acceptors (Lipinski definition) is 4. The molecule has 130 valence electrons. The number of pyridine rings is 1. The average molecular weight is 337 g/mol. The Morgan fingerprint density at radius 3 is 2.76 bits per heavy atom. The second-order valence-electron chi connectivity index (χ2n) is 6.79. The minimum Gasteiger partial charge on any atom is -0.492 e. The van der Waals surface area contributed by atoms with Gasteiger partial charge in [-0.1, -0.05) is 18.2 Å². The van der Waals surface area contributed by atoms with Gasteiger partial charge in [-0.05, 0) is 37.1 Å². The Morgan fingerprint density at radius 2 is 1.96 bits per heavy atom. The summed E-state index contributed by atoms with van der Waals surface area (Å²) < 4.78 is 5.79. The summed E-state index contributed by atoms with van der Waals surface area (Å²) in [7, 11) is 0. The van der Waals surface area contributed by atoms with Gasteiger partial charge >= 0.3 is 0 Å². The van der Waals surface area contributed by atoms with Crippen LogP contribution < -0.4 is 9.64 Å². The molecule has 1 fully saturated rings. The first-order chi connectivity index (χ1) is 12.2. The molecule has 0 N–H and O–H groups in total. The number of anilines is 1. The molecule has 0 saturated carbocycles. The van der Waals surface area contributed by atoms with Gasteiger partial charge in [-0.15, -0.1) is 0 Å². The second-order valence-corrected chi connectivity index (χ2v) is 6.79. The van der Waals surface area contributed by atoms with Gasteiger partial charge in [0.1, 0.15) is 12.4 Å². The topological polar surface area (TPSA) is 45.7 Å². The fraction of sp³-hybridized carbons (Fsp3) is 0.400. The van der Waals surface area contributed by atoms with Crippen LogP contribution in [0.25, 0.3) is 0 Å². The smallest absolute Gasteiger partial charge is 0.229 e. The van der Waals surface area contributed by atoms with Crippen molar-refractivity contribution in [2.75, 3.05) is 37.7 Å². The van der Waals surface area contributed by atoms with Gasteiger partial charge in [0.15, 0.2) is 0 Å². The standard InChI is InChI=1S/C20H23N3O2/c1-15-12-18(6-7-21-15)22-8-10-23(11-9-22)20(24)17-13-16-4-2-3-5-19(16)25-14-17/h2-7,12,17H,8-11,13-14H2,1H3. The van der Waals surface area contributed by atoms with Crippen LogP contribution in [0, 0.1) is 12.8 Å². The number of rotatable bonds is 2. The first-order valence-corrected chi connectivity index (χ1v) is 8.88. The maximum atomic E-state index is 12.9. The lowest BCUT2D eigenvalue weighted by Gasteiger charge is -2.38. The van der Waals surface area contributed by atoms with Gasteiger partial charge in [0.2, 0.25) is 5.91 Å². The summed E-state index contributed by atoms with van der Waals surface area (Å²) in [6.45, 7) is 5.74. The number of amides is 1. The fourth-order valence-electron chi connectivity index (χ4n) is 3.66. The molecule has 2 aliphatic rings. The Kier molecular flexibility index (Phi) is 4.30. The van der Waals surface area contributed by atoms with Crippen molar-refractivity contribution in [2.45, 2.75) is 13.3 Å². The minimum atomic E-state index is -0.0652. The van der Waals surface area contributed by atoms with Crippen molar-refractivity contribution in [1.29, 1.82) is 0 Å². The maximum absolute atomic E-state index is 12.9. The highest BCUT2D eigenvalue weighted by molar-refractivity contribution is 5.80. The molecular formula is C20H23N3O2. The van der Waals surface area contributed by atoms with Gasteiger partial charge in [-0.2, -0.15) is 0 Å². The Labute approximate surface area is 148 Å². The van der Waals surface area contributed by atoms with E-state index in [1.165, 1.54) is 5.69 Å². The molecule has 4 rings (SSSR count). The van der Waals surface area contributed by atoms with Crippen LogP contribution in [0.4, 0.5) is 5.69 Å². The first-order valence-electron chi connectivity index (χ1n) is 8.88. The van der Waals surface area contributed by atoms with Crippen molar-refractivity contribution < 1.29 is 9.53 Å². The number of carbonyl (C=O) groups excluding carboxylic acids is 1. The molecule has 0 bridgehead atoms. The Hall–Kier alpha value is -2.56. The zero-order chi connectivity index (χ0) is 17.2. The summed E-state index contributed by atoms with van der Waals surface area (Å²) in [6, 6.07) is 12.1. The van der Waals surface area contributed by atoms with E-state index >= 15 is 0 Å². The Bertz CT molecular complexity index is 769. The van der Waals surface area contributed by atoms with Crippen molar-refractivity contribution >= 4 is 11.6 Å². The molecule has 1 saturated heterocycles. The molecule has 2 aromatic rings. The minimum absolute atomic E-state index is 0.0652. The van der Waals surface area contributed by atoms with Crippen LogP contribution in [-0.4, -0.2) is 48.6 Å². The molecule has 1 unspecified atom stereocenters. The molecule has 1 aromatic heterocycles. The number of carbonyl (C=O) groups is 1. The molecule has 0 aliphatic carbocycles. The number of benzene rings is 1. The summed E-state index contributed by atoms with van der Waals surface area (Å²) in [5.41, 5.74) is 3.35. The number of piperazine rings is 1. The number of nitrogens with zero attached hydrogens (tertiary/aromatic N) is 3. The van der Waals surface area contributed by atoms with Crippen LogP contribution in [-0.2, 0) is 11.2 Å². The van der Waals surface area contributed by atoms with E-state index in [0.29, 0.717) is 6.61 Å². The lowest BCUT2D eigenvalue weighted by molar-refractivity contribution is -0.137. The summed E-state index contributed by atoms with van der Waals surface area (Å²) in [6.07, 6.45) is 2.62. The van der Waals surface area contributed by atoms with E-state index in [-0.39, 0.29) is 11.8 Å². The van der Waals surface area contributed by atoms with Gasteiger partial charge in [0.05, 0.1) is 5.92 Å². The SMILES string of the molecule is Cc1cc(N2CCN(C(=O)C3COc4ccccc4C3)CC2)ccn1. The van der Waals surface area contributed by atoms with Crippen molar-refractivity contribution in [3.05, 3.63) is 53.9 Å². The van der Waals surface area contributed by atoms with E-state index in [4.69, 9.17) is 4.74 Å². The van der Waals surface area contributed by atoms with Crippen molar-refractivity contribution in [3.8, 4) is 5.75 Å². The van der Waals surface area contributed by atoms with Crippen molar-refractivity contribution in [1.82, 2.24) is 9.88 Å². The molecule has 0 radical (unpaired) electrons. The van der Waals surface area contributed by atoms with Gasteiger partial charge in [-0.25, -0.2) is 0 Å². The monoisotopic (exact) mass is 337 g/mol. The van der Waals surface area contributed by atoms with Gasteiger partial charge in [0.25, 0.3) is 0 Å². The van der Waals surface area contributed by atoms with Crippen LogP contribution in [0.15, 0.2) is 42.6 Å². The number of para-hydroxylation sites is 1. The van der Waals surface area contributed by atoms with E-state index in [9.17, 15) is 4.79 Å². The van der Waals surface area contributed by atoms with E-state index in [1.807, 2.05) is 42.3 Å². The number of aryl methyl sites for hydroxylation is 1. The zero-order valence-electron chi connectivity index (χ0n) is 14.5. The Balaban J connectivity index is 1.37. The largest absolute Gasteiger partial charge is 0.492 e. The predicted molar refractivity (Wildman–Crippen MR) is 96.9 cm³/mol. The molecule has 1 amide bonds. The third-order valence-corrected chi connectivity index (χ3v) is 5.06. The van der Waals surface area contributed by atoms with Gasteiger partial charge in [0, 0.05) is 43.8 Å². The van der Waals surface area contributed by atoms with Crippen LogP contribution in [0.3, 0.4) is 0 Å². The number of ether oxygens (including phenoxy) is 1. The van der Waals surface area contributed by atoms with E-state index in [1.54, 1.807) is 0 Å². The normalized spacial score (nSPS) is 20.0. The van der Waals surface area contributed by atoms with Crippen LogP contribution in [0.2, 0.25) is 0 Å².